The molecule has 3 heteroatoms. The van der Waals surface area contributed by atoms with Crippen LogP contribution in [0.25, 0.3) is 10.9 Å². The predicted octanol–water partition coefficient (Wildman–Crippen LogP) is 2.79. The summed E-state index contributed by atoms with van der Waals surface area (Å²) in [5.41, 5.74) is 4.26. The molecular weight excluding hydrogens is 190 g/mol. The van der Waals surface area contributed by atoms with Crippen molar-refractivity contribution in [2.24, 2.45) is 0 Å². The number of carboxylic acids is 1. The summed E-state index contributed by atoms with van der Waals surface area (Å²) in [7, 11) is 0. The second-order valence-electron chi connectivity index (χ2n) is 3.93. The van der Waals surface area contributed by atoms with Crippen LogP contribution in [0.5, 0.6) is 0 Å². The van der Waals surface area contributed by atoms with Gasteiger partial charge in [0, 0.05) is 10.9 Å². The van der Waals surface area contributed by atoms with Crippen LogP contribution < -0.4 is 0 Å². The number of nitrogens with one attached hydrogen (secondary N) is 1. The molecule has 1 aromatic heterocycles. The van der Waals surface area contributed by atoms with E-state index in [9.17, 15) is 4.79 Å². The Morgan fingerprint density at radius 2 is 1.93 bits per heavy atom. The predicted molar refractivity (Wildman–Crippen MR) is 59.5 cm³/mol. The Balaban J connectivity index is 2.88. The molecule has 0 atom stereocenters. The molecule has 1 aromatic carbocycles. The second kappa shape index (κ2) is 3.12. The third-order valence-corrected chi connectivity index (χ3v) is 2.72. The minimum absolute atomic E-state index is 0.290. The summed E-state index contributed by atoms with van der Waals surface area (Å²) < 4.78 is 0. The monoisotopic (exact) mass is 203 g/mol. The van der Waals surface area contributed by atoms with Crippen molar-refractivity contribution in [1.29, 1.82) is 0 Å². The smallest absolute Gasteiger partial charge is 0.352 e. The Morgan fingerprint density at radius 3 is 2.53 bits per heavy atom. The molecule has 2 aromatic rings. The zero-order chi connectivity index (χ0) is 11.2. The molecule has 2 N–H and O–H groups in total. The number of H-pyrrole nitrogens is 1. The molecule has 2 rings (SSSR count). The fourth-order valence-electron chi connectivity index (χ4n) is 2.00. The van der Waals surface area contributed by atoms with E-state index in [2.05, 4.69) is 4.98 Å². The summed E-state index contributed by atoms with van der Waals surface area (Å²) in [5.74, 6) is -0.902. The number of fused-ring (bicyclic) bond motifs is 1. The zero-order valence-electron chi connectivity index (χ0n) is 9.01. The van der Waals surface area contributed by atoms with Crippen LogP contribution in [0, 0.1) is 20.8 Å². The van der Waals surface area contributed by atoms with E-state index in [1.54, 1.807) is 0 Å². The largest absolute Gasteiger partial charge is 0.477 e. The minimum atomic E-state index is -0.902. The van der Waals surface area contributed by atoms with Crippen LogP contribution in [0.4, 0.5) is 0 Å². The Kier molecular flexibility index (Phi) is 2.03. The molecule has 0 aliphatic rings. The van der Waals surface area contributed by atoms with E-state index in [-0.39, 0.29) is 0 Å². The number of hydrogen-bond acceptors (Lipinski definition) is 1. The lowest BCUT2D eigenvalue weighted by molar-refractivity contribution is 0.0691. The lowest BCUT2D eigenvalue weighted by atomic mass is 10.1. The molecular formula is C12H13NO2. The van der Waals surface area contributed by atoms with E-state index in [4.69, 9.17) is 5.11 Å². The lowest BCUT2D eigenvalue weighted by Gasteiger charge is -1.98. The first kappa shape index (κ1) is 9.77. The molecule has 15 heavy (non-hydrogen) atoms. The van der Waals surface area contributed by atoms with Gasteiger partial charge in [0.15, 0.2) is 0 Å². The van der Waals surface area contributed by atoms with E-state index in [1.165, 1.54) is 0 Å². The normalized spacial score (nSPS) is 10.9. The molecule has 0 amide bonds. The highest BCUT2D eigenvalue weighted by Crippen LogP contribution is 2.25. The minimum Gasteiger partial charge on any atom is -0.477 e. The number of rotatable bonds is 1. The van der Waals surface area contributed by atoms with Crippen LogP contribution in [0.1, 0.15) is 27.2 Å². The van der Waals surface area contributed by atoms with Crippen molar-refractivity contribution >= 4 is 16.9 Å². The van der Waals surface area contributed by atoms with Gasteiger partial charge < -0.3 is 10.1 Å². The van der Waals surface area contributed by atoms with Gasteiger partial charge in [0.1, 0.15) is 5.69 Å². The SMILES string of the molecule is Cc1cc(C)c2[nH]c(C(=O)O)c(C)c2c1. The van der Waals surface area contributed by atoms with E-state index in [0.717, 1.165) is 27.6 Å². The fraction of sp³-hybridized carbons (Fsp3) is 0.250. The molecule has 1 heterocycles. The first-order valence-electron chi connectivity index (χ1n) is 4.83. The zero-order valence-corrected chi connectivity index (χ0v) is 9.01. The molecule has 3 nitrogen and oxygen atoms in total. The molecule has 0 saturated carbocycles. The van der Waals surface area contributed by atoms with Crippen molar-refractivity contribution < 1.29 is 9.90 Å². The van der Waals surface area contributed by atoms with Crippen LogP contribution in [-0.2, 0) is 0 Å². The number of aryl methyl sites for hydroxylation is 3. The van der Waals surface area contributed by atoms with E-state index >= 15 is 0 Å². The summed E-state index contributed by atoms with van der Waals surface area (Å²) >= 11 is 0. The number of aromatic carboxylic acids is 1. The maximum Gasteiger partial charge on any atom is 0.352 e. The van der Waals surface area contributed by atoms with Gasteiger partial charge in [-0.05, 0) is 38.0 Å². The first-order valence-corrected chi connectivity index (χ1v) is 4.83. The van der Waals surface area contributed by atoms with Crippen molar-refractivity contribution in [2.45, 2.75) is 20.8 Å². The summed E-state index contributed by atoms with van der Waals surface area (Å²) in [6.07, 6.45) is 0. The number of aromatic amines is 1. The third kappa shape index (κ3) is 1.40. The molecule has 0 saturated heterocycles. The highest BCUT2D eigenvalue weighted by molar-refractivity contribution is 5.98. The van der Waals surface area contributed by atoms with Crippen LogP contribution in [0.3, 0.4) is 0 Å². The van der Waals surface area contributed by atoms with E-state index in [0.29, 0.717) is 5.69 Å². The molecule has 0 radical (unpaired) electrons. The Labute approximate surface area is 87.7 Å². The fourth-order valence-corrected chi connectivity index (χ4v) is 2.00. The van der Waals surface area contributed by atoms with Crippen molar-refractivity contribution in [2.75, 3.05) is 0 Å². The maximum atomic E-state index is 11.0. The summed E-state index contributed by atoms with van der Waals surface area (Å²) in [6.45, 7) is 5.83. The number of benzene rings is 1. The molecule has 0 unspecified atom stereocenters. The van der Waals surface area contributed by atoms with Crippen molar-refractivity contribution in [3.05, 3.63) is 34.5 Å². The van der Waals surface area contributed by atoms with Crippen LogP contribution >= 0.6 is 0 Å². The van der Waals surface area contributed by atoms with E-state index < -0.39 is 5.97 Å². The Hall–Kier alpha value is -1.77. The first-order chi connectivity index (χ1) is 7.00. The van der Waals surface area contributed by atoms with Crippen molar-refractivity contribution in [1.82, 2.24) is 4.98 Å². The van der Waals surface area contributed by atoms with Gasteiger partial charge in [-0.3, -0.25) is 0 Å². The van der Waals surface area contributed by atoms with Gasteiger partial charge in [-0.1, -0.05) is 11.6 Å². The average Bonchev–Trinajstić information content (AvgIpc) is 2.44. The third-order valence-electron chi connectivity index (χ3n) is 2.72. The molecule has 0 fully saturated rings. The van der Waals surface area contributed by atoms with Crippen molar-refractivity contribution in [3.63, 3.8) is 0 Å². The summed E-state index contributed by atoms with van der Waals surface area (Å²) in [5, 5.41) is 10.0. The Bertz CT molecular complexity index is 552. The number of carbonyl (C=O) groups is 1. The van der Waals surface area contributed by atoms with Crippen LogP contribution in [0.2, 0.25) is 0 Å². The summed E-state index contributed by atoms with van der Waals surface area (Å²) in [6, 6.07) is 4.06. The topological polar surface area (TPSA) is 53.1 Å². The summed E-state index contributed by atoms with van der Waals surface area (Å²) in [4.78, 5) is 13.9. The molecule has 0 aliphatic carbocycles. The van der Waals surface area contributed by atoms with Crippen LogP contribution in [0.15, 0.2) is 12.1 Å². The van der Waals surface area contributed by atoms with Gasteiger partial charge in [0.05, 0.1) is 0 Å². The van der Waals surface area contributed by atoms with Gasteiger partial charge >= 0.3 is 5.97 Å². The number of hydrogen-bond donors (Lipinski definition) is 2. The quantitative estimate of drug-likeness (QED) is 0.748. The van der Waals surface area contributed by atoms with Crippen LogP contribution in [-0.4, -0.2) is 16.1 Å². The maximum absolute atomic E-state index is 11.0. The highest BCUT2D eigenvalue weighted by Gasteiger charge is 2.14. The highest BCUT2D eigenvalue weighted by atomic mass is 16.4. The Morgan fingerprint density at radius 1 is 1.27 bits per heavy atom. The van der Waals surface area contributed by atoms with Gasteiger partial charge in [0.25, 0.3) is 0 Å². The number of carboxylic acid groups (broad SMARTS) is 1. The molecule has 0 aliphatic heterocycles. The van der Waals surface area contributed by atoms with Gasteiger partial charge in [-0.15, -0.1) is 0 Å². The van der Waals surface area contributed by atoms with Crippen molar-refractivity contribution in [3.8, 4) is 0 Å². The molecule has 78 valence electrons. The van der Waals surface area contributed by atoms with Gasteiger partial charge in [-0.2, -0.15) is 0 Å². The standard InChI is InChI=1S/C12H13NO2/c1-6-4-7(2)10-9(5-6)8(3)11(13-10)12(14)15/h4-5,13H,1-3H3,(H,14,15). The second-order valence-corrected chi connectivity index (χ2v) is 3.93. The molecule has 0 spiro atoms. The average molecular weight is 203 g/mol. The molecule has 0 bridgehead atoms. The van der Waals surface area contributed by atoms with E-state index in [1.807, 2.05) is 32.9 Å². The number of aromatic nitrogens is 1. The van der Waals surface area contributed by atoms with Gasteiger partial charge in [0.2, 0.25) is 0 Å². The van der Waals surface area contributed by atoms with Gasteiger partial charge in [-0.25, -0.2) is 4.79 Å². The lowest BCUT2D eigenvalue weighted by Crippen LogP contribution is -1.98.